The number of nitrogens with one attached hydrogen (secondary N) is 1. The first-order chi connectivity index (χ1) is 6.84. The van der Waals surface area contributed by atoms with Gasteiger partial charge in [0.05, 0.1) is 0 Å². The lowest BCUT2D eigenvalue weighted by Crippen LogP contribution is -2.19. The summed E-state index contributed by atoms with van der Waals surface area (Å²) >= 11 is 2.42. The van der Waals surface area contributed by atoms with Gasteiger partial charge in [-0.15, -0.1) is 0 Å². The summed E-state index contributed by atoms with van der Waals surface area (Å²) in [6, 6.07) is 2.08. The van der Waals surface area contributed by atoms with E-state index in [4.69, 9.17) is 0 Å². The van der Waals surface area contributed by atoms with Crippen molar-refractivity contribution in [2.45, 2.75) is 19.3 Å². The van der Waals surface area contributed by atoms with Crippen LogP contribution in [0.2, 0.25) is 0 Å². The van der Waals surface area contributed by atoms with Crippen LogP contribution in [-0.2, 0) is 13.5 Å². The Kier molecular flexibility index (Phi) is 6.18. The summed E-state index contributed by atoms with van der Waals surface area (Å²) in [4.78, 5) is 0. The highest BCUT2D eigenvalue weighted by molar-refractivity contribution is 14.1. The Hall–Kier alpha value is -0.100. The van der Waals surface area contributed by atoms with Gasteiger partial charge in [-0.25, -0.2) is 0 Å². The van der Waals surface area contributed by atoms with Crippen LogP contribution >= 0.6 is 22.6 Å². The quantitative estimate of drug-likeness (QED) is 0.473. The lowest BCUT2D eigenvalue weighted by Gasteiger charge is -2.04. The molecule has 3 nitrogen and oxygen atoms in total. The molecular weight excluding hydrogens is 289 g/mol. The van der Waals surface area contributed by atoms with E-state index in [2.05, 4.69) is 39.1 Å². The van der Waals surface area contributed by atoms with Crippen LogP contribution in [0.15, 0.2) is 12.3 Å². The van der Waals surface area contributed by atoms with E-state index in [0.717, 1.165) is 19.5 Å². The van der Waals surface area contributed by atoms with Crippen LogP contribution in [0.25, 0.3) is 0 Å². The molecule has 0 saturated carbocycles. The number of aromatic nitrogens is 2. The standard InChI is InChI=1S/C10H18IN3/c1-14-10(5-9-13-14)4-8-12-7-3-2-6-11/h5,9,12H,2-4,6-8H2,1H3. The van der Waals surface area contributed by atoms with Gasteiger partial charge in [0.2, 0.25) is 0 Å². The number of halogens is 1. The lowest BCUT2D eigenvalue weighted by atomic mass is 10.3. The third kappa shape index (κ3) is 4.41. The predicted molar refractivity (Wildman–Crippen MR) is 67.9 cm³/mol. The average molecular weight is 307 g/mol. The van der Waals surface area contributed by atoms with Crippen LogP contribution in [0.4, 0.5) is 0 Å². The largest absolute Gasteiger partial charge is 0.316 e. The summed E-state index contributed by atoms with van der Waals surface area (Å²) in [5.74, 6) is 0. The summed E-state index contributed by atoms with van der Waals surface area (Å²) in [7, 11) is 1.99. The van der Waals surface area contributed by atoms with Gasteiger partial charge in [0.15, 0.2) is 0 Å². The molecular formula is C10H18IN3. The maximum atomic E-state index is 4.13. The van der Waals surface area contributed by atoms with Gasteiger partial charge in [-0.2, -0.15) is 5.10 Å². The molecule has 4 heteroatoms. The Bertz CT molecular complexity index is 247. The molecule has 1 aromatic rings. The minimum absolute atomic E-state index is 1.06. The van der Waals surface area contributed by atoms with Crippen LogP contribution in [0.5, 0.6) is 0 Å². The Morgan fingerprint density at radius 1 is 1.43 bits per heavy atom. The first-order valence-electron chi connectivity index (χ1n) is 5.08. The Balaban J connectivity index is 2.02. The normalized spacial score (nSPS) is 10.7. The second kappa shape index (κ2) is 7.23. The molecule has 0 aliphatic rings. The van der Waals surface area contributed by atoms with E-state index in [1.807, 2.05) is 17.9 Å². The number of nitrogens with zero attached hydrogens (tertiary/aromatic N) is 2. The van der Waals surface area contributed by atoms with Crippen molar-refractivity contribution in [3.63, 3.8) is 0 Å². The zero-order valence-corrected chi connectivity index (χ0v) is 10.8. The molecule has 0 saturated heterocycles. The molecule has 0 atom stereocenters. The zero-order chi connectivity index (χ0) is 10.2. The summed E-state index contributed by atoms with van der Waals surface area (Å²) in [5, 5.41) is 7.57. The van der Waals surface area contributed by atoms with Crippen LogP contribution in [-0.4, -0.2) is 27.3 Å². The molecule has 0 unspecified atom stereocenters. The van der Waals surface area contributed by atoms with Gasteiger partial charge in [-0.3, -0.25) is 4.68 Å². The molecule has 0 radical (unpaired) electrons. The van der Waals surface area contributed by atoms with E-state index in [9.17, 15) is 0 Å². The molecule has 1 aromatic heterocycles. The van der Waals surface area contributed by atoms with Crippen molar-refractivity contribution in [1.82, 2.24) is 15.1 Å². The van der Waals surface area contributed by atoms with Gasteiger partial charge in [-0.05, 0) is 29.9 Å². The minimum Gasteiger partial charge on any atom is -0.316 e. The first kappa shape index (κ1) is 12.0. The van der Waals surface area contributed by atoms with E-state index in [1.54, 1.807) is 0 Å². The van der Waals surface area contributed by atoms with Crippen molar-refractivity contribution in [2.24, 2.45) is 7.05 Å². The van der Waals surface area contributed by atoms with Gasteiger partial charge < -0.3 is 5.32 Å². The topological polar surface area (TPSA) is 29.9 Å². The predicted octanol–water partition coefficient (Wildman–Crippen LogP) is 1.77. The molecule has 0 fully saturated rings. The van der Waals surface area contributed by atoms with Crippen LogP contribution in [0, 0.1) is 0 Å². The maximum Gasteiger partial charge on any atom is 0.0492 e. The molecule has 1 heterocycles. The van der Waals surface area contributed by atoms with E-state index in [1.165, 1.54) is 23.0 Å². The maximum absolute atomic E-state index is 4.13. The van der Waals surface area contributed by atoms with Gasteiger partial charge >= 0.3 is 0 Å². The number of hydrogen-bond donors (Lipinski definition) is 1. The number of aryl methyl sites for hydroxylation is 1. The summed E-state index contributed by atoms with van der Waals surface area (Å²) in [6.45, 7) is 2.20. The van der Waals surface area contributed by atoms with Crippen LogP contribution < -0.4 is 5.32 Å². The summed E-state index contributed by atoms with van der Waals surface area (Å²) < 4.78 is 3.20. The Labute approximate surface area is 99.4 Å². The monoisotopic (exact) mass is 307 g/mol. The highest BCUT2D eigenvalue weighted by Crippen LogP contribution is 1.96. The molecule has 1 rings (SSSR count). The van der Waals surface area contributed by atoms with Crippen molar-refractivity contribution < 1.29 is 0 Å². The molecule has 0 amide bonds. The van der Waals surface area contributed by atoms with E-state index in [0.29, 0.717) is 0 Å². The highest BCUT2D eigenvalue weighted by Gasteiger charge is 1.96. The number of alkyl halides is 1. The fraction of sp³-hybridized carbons (Fsp3) is 0.700. The smallest absolute Gasteiger partial charge is 0.0492 e. The van der Waals surface area contributed by atoms with Crippen LogP contribution in [0.1, 0.15) is 18.5 Å². The molecule has 0 spiro atoms. The van der Waals surface area contributed by atoms with Gasteiger partial charge in [-0.1, -0.05) is 22.6 Å². The summed E-state index contributed by atoms with van der Waals surface area (Å²) in [5.41, 5.74) is 1.30. The van der Waals surface area contributed by atoms with Gasteiger partial charge in [0.25, 0.3) is 0 Å². The fourth-order valence-corrected chi connectivity index (χ4v) is 1.87. The summed E-state index contributed by atoms with van der Waals surface area (Å²) in [6.07, 6.45) is 5.53. The van der Waals surface area contributed by atoms with Crippen molar-refractivity contribution >= 4 is 22.6 Å². The minimum atomic E-state index is 1.06. The fourth-order valence-electron chi connectivity index (χ4n) is 1.33. The molecule has 0 aromatic carbocycles. The zero-order valence-electron chi connectivity index (χ0n) is 8.67. The van der Waals surface area contributed by atoms with Crippen molar-refractivity contribution in [3.05, 3.63) is 18.0 Å². The van der Waals surface area contributed by atoms with E-state index in [-0.39, 0.29) is 0 Å². The Morgan fingerprint density at radius 3 is 2.93 bits per heavy atom. The SMILES string of the molecule is Cn1nccc1CCNCCCCI. The second-order valence-corrected chi connectivity index (χ2v) is 4.42. The number of unbranched alkanes of at least 4 members (excludes halogenated alkanes) is 1. The molecule has 0 aliphatic heterocycles. The highest BCUT2D eigenvalue weighted by atomic mass is 127. The van der Waals surface area contributed by atoms with Gasteiger partial charge in [0.1, 0.15) is 0 Å². The second-order valence-electron chi connectivity index (χ2n) is 3.34. The molecule has 80 valence electrons. The molecule has 14 heavy (non-hydrogen) atoms. The number of rotatable bonds is 7. The average Bonchev–Trinajstić information content (AvgIpc) is 2.58. The Morgan fingerprint density at radius 2 is 2.29 bits per heavy atom. The van der Waals surface area contributed by atoms with Crippen LogP contribution in [0.3, 0.4) is 0 Å². The van der Waals surface area contributed by atoms with E-state index < -0.39 is 0 Å². The number of hydrogen-bond acceptors (Lipinski definition) is 2. The molecule has 0 aliphatic carbocycles. The first-order valence-corrected chi connectivity index (χ1v) is 6.60. The van der Waals surface area contributed by atoms with Crippen molar-refractivity contribution in [1.29, 1.82) is 0 Å². The lowest BCUT2D eigenvalue weighted by molar-refractivity contribution is 0.620. The molecule has 0 bridgehead atoms. The molecule has 1 N–H and O–H groups in total. The van der Waals surface area contributed by atoms with Gasteiger partial charge in [0, 0.05) is 31.9 Å². The van der Waals surface area contributed by atoms with Crippen molar-refractivity contribution in [3.8, 4) is 0 Å². The van der Waals surface area contributed by atoms with E-state index >= 15 is 0 Å². The third-order valence-corrected chi connectivity index (χ3v) is 2.98. The third-order valence-electron chi connectivity index (χ3n) is 2.22. The van der Waals surface area contributed by atoms with Crippen molar-refractivity contribution in [2.75, 3.05) is 17.5 Å².